The van der Waals surface area contributed by atoms with Gasteiger partial charge in [0.15, 0.2) is 0 Å². The summed E-state index contributed by atoms with van der Waals surface area (Å²) in [6, 6.07) is 26.1. The molecule has 4 aromatic rings. The normalized spacial score (nSPS) is 26.6. The zero-order valence-corrected chi connectivity index (χ0v) is 41.5. The second-order valence-corrected chi connectivity index (χ2v) is 20.7. The quantitative estimate of drug-likeness (QED) is 0.149. The van der Waals surface area contributed by atoms with Crippen LogP contribution in [-0.2, 0) is 0 Å². The molecule has 0 N–H and O–H groups in total. The number of aromatic nitrogens is 1. The van der Waals surface area contributed by atoms with Crippen molar-refractivity contribution in [3.63, 3.8) is 0 Å². The van der Waals surface area contributed by atoms with Crippen molar-refractivity contribution in [3.05, 3.63) is 228 Å². The first-order valence-electron chi connectivity index (χ1n) is 25.9. The first-order valence-corrected chi connectivity index (χ1v) is 25.9. The maximum absolute atomic E-state index is 2.79. The molecular formula is C65H68N4. The van der Waals surface area contributed by atoms with Crippen LogP contribution in [0, 0.1) is 11.8 Å². The molecule has 0 bridgehead atoms. The third-order valence-corrected chi connectivity index (χ3v) is 15.9. The largest absolute Gasteiger partial charge is 0.359 e. The van der Waals surface area contributed by atoms with Crippen LogP contribution < -0.4 is 9.80 Å². The number of anilines is 3. The van der Waals surface area contributed by atoms with E-state index in [9.17, 15) is 0 Å². The van der Waals surface area contributed by atoms with Crippen LogP contribution in [0.2, 0.25) is 0 Å². The van der Waals surface area contributed by atoms with Crippen molar-refractivity contribution >= 4 is 45.3 Å². The second-order valence-electron chi connectivity index (χ2n) is 20.7. The highest BCUT2D eigenvalue weighted by atomic mass is 15.2. The Morgan fingerprint density at radius 3 is 2.43 bits per heavy atom. The average molecular weight is 905 g/mol. The highest BCUT2D eigenvalue weighted by Gasteiger charge is 2.42. The van der Waals surface area contributed by atoms with Crippen LogP contribution in [-0.4, -0.2) is 27.1 Å². The summed E-state index contributed by atoms with van der Waals surface area (Å²) in [5.41, 5.74) is 16.9. The van der Waals surface area contributed by atoms with Crippen LogP contribution in [0.25, 0.3) is 28.2 Å². The molecule has 7 unspecified atom stereocenters. The maximum atomic E-state index is 2.79. The molecule has 0 radical (unpaired) electrons. The number of unbranched alkanes of at least 4 members (excludes halogenated alkanes) is 1. The Hall–Kier alpha value is -6.78. The van der Waals surface area contributed by atoms with Crippen LogP contribution >= 0.6 is 0 Å². The molecule has 11 rings (SSSR count). The minimum Gasteiger partial charge on any atom is -0.359 e. The first kappa shape index (κ1) is 44.7. The molecule has 7 atom stereocenters. The molecule has 0 saturated carbocycles. The van der Waals surface area contributed by atoms with Gasteiger partial charge in [0.25, 0.3) is 0 Å². The summed E-state index contributed by atoms with van der Waals surface area (Å²) < 4.78 is 2.54. The fraction of sp³-hybridized carbons (Fsp3) is 0.292. The molecule has 1 aliphatic heterocycles. The molecule has 348 valence electrons. The summed E-state index contributed by atoms with van der Waals surface area (Å²) in [6.45, 7) is 14.2. The Labute approximate surface area is 411 Å². The van der Waals surface area contributed by atoms with Crippen molar-refractivity contribution in [3.8, 4) is 0 Å². The number of hydrogen-bond donors (Lipinski definition) is 0. The van der Waals surface area contributed by atoms with Crippen LogP contribution in [0.5, 0.6) is 0 Å². The van der Waals surface area contributed by atoms with Gasteiger partial charge in [-0.3, -0.25) is 0 Å². The fourth-order valence-corrected chi connectivity index (χ4v) is 12.4. The molecule has 0 fully saturated rings. The van der Waals surface area contributed by atoms with Gasteiger partial charge in [-0.05, 0) is 129 Å². The number of nitrogens with zero attached hydrogens (tertiary/aromatic N) is 4. The summed E-state index contributed by atoms with van der Waals surface area (Å²) in [5, 5.41) is 1.33. The van der Waals surface area contributed by atoms with Crippen molar-refractivity contribution in [2.75, 3.05) is 9.80 Å². The molecule has 6 aliphatic carbocycles. The number of para-hydroxylation sites is 1. The van der Waals surface area contributed by atoms with E-state index in [4.69, 9.17) is 0 Å². The topological polar surface area (TPSA) is 14.7 Å². The van der Waals surface area contributed by atoms with Crippen molar-refractivity contribution in [2.45, 2.75) is 110 Å². The zero-order chi connectivity index (χ0) is 47.2. The third kappa shape index (κ3) is 8.06. The molecule has 1 aromatic heterocycles. The Kier molecular flexibility index (Phi) is 12.1. The summed E-state index contributed by atoms with van der Waals surface area (Å²) in [6.07, 6.45) is 55.1. The number of rotatable bonds is 11. The van der Waals surface area contributed by atoms with Gasteiger partial charge in [0, 0.05) is 68.3 Å². The van der Waals surface area contributed by atoms with E-state index in [1.165, 1.54) is 78.7 Å². The lowest BCUT2D eigenvalue weighted by Gasteiger charge is -2.50. The third-order valence-electron chi connectivity index (χ3n) is 15.9. The summed E-state index contributed by atoms with van der Waals surface area (Å²) in [5.74, 6) is 1.51. The summed E-state index contributed by atoms with van der Waals surface area (Å²) in [4.78, 5) is 7.88. The molecule has 4 heteroatoms. The predicted octanol–water partition coefficient (Wildman–Crippen LogP) is 16.8. The highest BCUT2D eigenvalue weighted by Crippen LogP contribution is 2.51. The van der Waals surface area contributed by atoms with Gasteiger partial charge >= 0.3 is 0 Å². The lowest BCUT2D eigenvalue weighted by molar-refractivity contribution is 0.133. The first-order chi connectivity index (χ1) is 33.7. The van der Waals surface area contributed by atoms with Gasteiger partial charge in [-0.25, -0.2) is 0 Å². The van der Waals surface area contributed by atoms with Crippen molar-refractivity contribution in [1.29, 1.82) is 0 Å². The van der Waals surface area contributed by atoms with Gasteiger partial charge < -0.3 is 19.3 Å². The Balaban J connectivity index is 0.908. The van der Waals surface area contributed by atoms with E-state index < -0.39 is 0 Å². The molecule has 7 aliphatic rings. The highest BCUT2D eigenvalue weighted by molar-refractivity contribution is 5.96. The van der Waals surface area contributed by atoms with E-state index in [0.717, 1.165) is 38.5 Å². The number of benzene rings is 3. The molecule has 0 amide bonds. The van der Waals surface area contributed by atoms with Gasteiger partial charge in [-0.15, -0.1) is 0 Å². The number of allylic oxidation sites excluding steroid dienone is 19. The summed E-state index contributed by atoms with van der Waals surface area (Å²) >= 11 is 0. The van der Waals surface area contributed by atoms with E-state index in [2.05, 4.69) is 255 Å². The molecule has 2 heterocycles. The molecular weight excluding hydrogens is 837 g/mol. The number of hydrogen-bond acceptors (Lipinski definition) is 3. The van der Waals surface area contributed by atoms with E-state index in [0.29, 0.717) is 29.7 Å². The molecule has 69 heavy (non-hydrogen) atoms. The van der Waals surface area contributed by atoms with Crippen molar-refractivity contribution in [2.24, 2.45) is 11.8 Å². The summed E-state index contributed by atoms with van der Waals surface area (Å²) in [7, 11) is 0. The Morgan fingerprint density at radius 2 is 1.62 bits per heavy atom. The van der Waals surface area contributed by atoms with Crippen LogP contribution in [0.1, 0.15) is 114 Å². The van der Waals surface area contributed by atoms with Gasteiger partial charge in [0.05, 0.1) is 23.1 Å². The molecule has 0 saturated heterocycles. The van der Waals surface area contributed by atoms with E-state index in [1.54, 1.807) is 0 Å². The lowest BCUT2D eigenvalue weighted by Crippen LogP contribution is -2.52. The van der Waals surface area contributed by atoms with Crippen molar-refractivity contribution in [1.82, 2.24) is 9.47 Å². The lowest BCUT2D eigenvalue weighted by atomic mass is 9.80. The van der Waals surface area contributed by atoms with Crippen molar-refractivity contribution < 1.29 is 0 Å². The van der Waals surface area contributed by atoms with E-state index in [1.807, 2.05) is 0 Å². The zero-order valence-electron chi connectivity index (χ0n) is 41.5. The SMILES string of the molecule is CCC/C=C(\C)N(c1ccc(C2=CCC(C)(N(C3=Cc4c(n(C5=CCC=CC=C5)c5ccccc45)C(C)C3)C3C=CC=CC3C)C=C2)cc1)c1ccc2c(c1)C1C=CC=CC1N2C1=CC=CCC1C. The van der Waals surface area contributed by atoms with Crippen LogP contribution in [0.4, 0.5) is 17.1 Å². The molecule has 4 nitrogen and oxygen atoms in total. The Bertz CT molecular complexity index is 3070. The monoisotopic (exact) mass is 905 g/mol. The minimum atomic E-state index is -0.219. The second kappa shape index (κ2) is 18.6. The Morgan fingerprint density at radius 1 is 0.812 bits per heavy atom. The smallest absolute Gasteiger partial charge is 0.0626 e. The molecule has 3 aromatic carbocycles. The standard InChI is InChI=1S/C65H68N4/c1-7-8-23-48(5)66(53-36-37-63-57(43-53)55-26-15-20-31-62(55)68(63)59-28-17-13-21-45(59)2)52-34-32-49(33-35-52)50-38-40-65(6,41-39-50)69(60-29-18-14-22-46(60)3)54-42-47(4)64-58(44-54)56-27-16-19-30-61(56)67(64)51-24-11-9-10-12-25-51/h9-11,13-20,22-40,43-47,55,60,62H,7-8,12,21,41-42H2,1-6H3/b48-23+. The van der Waals surface area contributed by atoms with Gasteiger partial charge in [0.1, 0.15) is 0 Å². The van der Waals surface area contributed by atoms with E-state index >= 15 is 0 Å². The fourth-order valence-electron chi connectivity index (χ4n) is 12.4. The van der Waals surface area contributed by atoms with Gasteiger partial charge in [-0.1, -0.05) is 174 Å². The average Bonchev–Trinajstić information content (AvgIpc) is 3.73. The van der Waals surface area contributed by atoms with Crippen LogP contribution in [0.15, 0.2) is 205 Å². The van der Waals surface area contributed by atoms with Gasteiger partial charge in [-0.2, -0.15) is 0 Å². The van der Waals surface area contributed by atoms with E-state index in [-0.39, 0.29) is 11.6 Å². The molecule has 0 spiro atoms. The minimum absolute atomic E-state index is 0.219. The van der Waals surface area contributed by atoms with Crippen LogP contribution in [0.3, 0.4) is 0 Å². The maximum Gasteiger partial charge on any atom is 0.0626 e. The number of fused-ring (bicyclic) bond motifs is 6. The predicted molar refractivity (Wildman–Crippen MR) is 295 cm³/mol. The van der Waals surface area contributed by atoms with Gasteiger partial charge in [0.2, 0.25) is 0 Å².